The van der Waals surface area contributed by atoms with Crippen molar-refractivity contribution in [2.75, 3.05) is 17.9 Å². The lowest BCUT2D eigenvalue weighted by atomic mass is 10.2. The van der Waals surface area contributed by atoms with Gasteiger partial charge in [-0.05, 0) is 24.5 Å². The average molecular weight is 299 g/mol. The quantitative estimate of drug-likeness (QED) is 0.656. The molecule has 0 saturated carbocycles. The van der Waals surface area contributed by atoms with E-state index in [0.29, 0.717) is 17.9 Å². The van der Waals surface area contributed by atoms with Crippen LogP contribution in [0.1, 0.15) is 0 Å². The molecule has 0 aliphatic heterocycles. The molecule has 0 bridgehead atoms. The smallest absolute Gasteiger partial charge is 0.184 e. The molecule has 1 heterocycles. The molecule has 2 rings (SSSR count). The van der Waals surface area contributed by atoms with Gasteiger partial charge in [-0.25, -0.2) is 9.37 Å². The van der Waals surface area contributed by atoms with Crippen LogP contribution in [0.3, 0.4) is 0 Å². The van der Waals surface area contributed by atoms with E-state index in [1.54, 1.807) is 29.6 Å². The Kier molecular flexibility index (Phi) is 5.24. The molecule has 0 unspecified atom stereocenters. The maximum absolute atomic E-state index is 14.0. The number of hydrogen-bond donors (Lipinski definition) is 1. The van der Waals surface area contributed by atoms with E-state index in [0.717, 1.165) is 9.98 Å². The lowest BCUT2D eigenvalue weighted by molar-refractivity contribution is 0.269. The molecule has 1 aromatic carbocycles. The number of aliphatic hydroxyl groups is 1. The molecule has 0 aliphatic rings. The van der Waals surface area contributed by atoms with E-state index in [1.165, 1.54) is 17.1 Å². The van der Waals surface area contributed by atoms with Gasteiger partial charge in [-0.2, -0.15) is 16.9 Å². The Balaban J connectivity index is 2.19. The molecule has 0 fully saturated rings. The summed E-state index contributed by atoms with van der Waals surface area (Å²) in [7, 11) is 0. The third-order valence-electron chi connectivity index (χ3n) is 2.39. The predicted octanol–water partition coefficient (Wildman–Crippen LogP) is 2.49. The molecule has 0 spiro atoms. The average Bonchev–Trinajstić information content (AvgIpc) is 2.85. The van der Waals surface area contributed by atoms with Gasteiger partial charge in [-0.3, -0.25) is 4.68 Å². The van der Waals surface area contributed by atoms with Crippen molar-refractivity contribution >= 4 is 23.5 Å². The summed E-state index contributed by atoms with van der Waals surface area (Å²) in [5.41, 5.74) is 0.380. The fourth-order valence-electron chi connectivity index (χ4n) is 1.52. The molecule has 19 heavy (non-hydrogen) atoms. The summed E-state index contributed by atoms with van der Waals surface area (Å²) in [6.07, 6.45) is 3.50. The van der Waals surface area contributed by atoms with Gasteiger partial charge in [0.2, 0.25) is 0 Å². The van der Waals surface area contributed by atoms with Crippen LogP contribution < -0.4 is 0 Å². The first-order valence-electron chi connectivity index (χ1n) is 5.66. The summed E-state index contributed by atoms with van der Waals surface area (Å²) in [6, 6.07) is 5.06. The molecule has 0 saturated heterocycles. The number of rotatable bonds is 6. The lowest BCUT2D eigenvalue weighted by Gasteiger charge is -2.03. The lowest BCUT2D eigenvalue weighted by Crippen LogP contribution is -2.02. The van der Waals surface area contributed by atoms with Crippen molar-refractivity contribution in [1.82, 2.24) is 14.8 Å². The first-order valence-corrected chi connectivity index (χ1v) is 8.04. The molecule has 0 atom stereocenters. The van der Waals surface area contributed by atoms with E-state index < -0.39 is 0 Å². The van der Waals surface area contributed by atoms with Gasteiger partial charge in [0.1, 0.15) is 12.1 Å². The minimum Gasteiger partial charge on any atom is -0.394 e. The number of hydrogen-bond acceptors (Lipinski definition) is 5. The Morgan fingerprint density at radius 2 is 2.26 bits per heavy atom. The summed E-state index contributed by atoms with van der Waals surface area (Å²) < 4.78 is 15.5. The number of aromatic nitrogens is 3. The highest BCUT2D eigenvalue weighted by atomic mass is 32.2. The van der Waals surface area contributed by atoms with Crippen molar-refractivity contribution in [3.63, 3.8) is 0 Å². The fraction of sp³-hybridized carbons (Fsp3) is 0.333. The van der Waals surface area contributed by atoms with Gasteiger partial charge in [0.25, 0.3) is 0 Å². The van der Waals surface area contributed by atoms with E-state index in [1.807, 2.05) is 12.3 Å². The van der Waals surface area contributed by atoms with Gasteiger partial charge in [0.05, 0.1) is 18.7 Å². The van der Waals surface area contributed by atoms with Gasteiger partial charge in [-0.1, -0.05) is 0 Å². The molecule has 1 aromatic heterocycles. The number of nitrogens with zero attached hydrogens (tertiary/aromatic N) is 3. The highest BCUT2D eigenvalue weighted by Crippen LogP contribution is 2.27. The second kappa shape index (κ2) is 6.93. The fourth-order valence-corrected chi connectivity index (χ4v) is 2.89. The normalized spacial score (nSPS) is 10.9. The molecule has 2 aromatic rings. The molecule has 4 nitrogen and oxygen atoms in total. The van der Waals surface area contributed by atoms with Crippen LogP contribution in [0, 0.1) is 5.82 Å². The highest BCUT2D eigenvalue weighted by molar-refractivity contribution is 8.15. The van der Waals surface area contributed by atoms with Crippen LogP contribution in [0.5, 0.6) is 0 Å². The highest BCUT2D eigenvalue weighted by Gasteiger charge is 2.10. The molecule has 0 radical (unpaired) electrons. The van der Waals surface area contributed by atoms with Crippen LogP contribution in [0.2, 0.25) is 0 Å². The molecule has 102 valence electrons. The second-order valence-corrected chi connectivity index (χ2v) is 6.03. The van der Waals surface area contributed by atoms with E-state index in [2.05, 4.69) is 10.1 Å². The number of thioether (sulfide) groups is 2. The number of benzene rings is 1. The molecule has 0 amide bonds. The second-order valence-electron chi connectivity index (χ2n) is 3.75. The standard InChI is InChI=1S/C12H14FN3OS2/c1-18-8-19-9-2-3-10(11(13)6-9)12-14-7-16(15-12)4-5-17/h2-3,6-7,17H,4-5,8H2,1H3. The van der Waals surface area contributed by atoms with Crippen molar-refractivity contribution in [3.05, 3.63) is 30.3 Å². The summed E-state index contributed by atoms with van der Waals surface area (Å²) in [5.74, 6) is 0.0141. The van der Waals surface area contributed by atoms with Crippen LogP contribution >= 0.6 is 23.5 Å². The Bertz CT molecular complexity index is 548. The first-order chi connectivity index (χ1) is 9.24. The maximum atomic E-state index is 14.0. The van der Waals surface area contributed by atoms with Crippen LogP contribution in [0.25, 0.3) is 11.4 Å². The SMILES string of the molecule is CSCSc1ccc(-c2ncn(CCO)n2)c(F)c1. The summed E-state index contributed by atoms with van der Waals surface area (Å²) in [4.78, 5) is 4.94. The molecular formula is C12H14FN3OS2. The van der Waals surface area contributed by atoms with Crippen molar-refractivity contribution in [2.24, 2.45) is 0 Å². The van der Waals surface area contributed by atoms with E-state index in [-0.39, 0.29) is 12.4 Å². The Morgan fingerprint density at radius 1 is 1.42 bits per heavy atom. The Labute approximate surface area is 119 Å². The predicted molar refractivity (Wildman–Crippen MR) is 76.7 cm³/mol. The Hall–Kier alpha value is -1.05. The van der Waals surface area contributed by atoms with Gasteiger partial charge < -0.3 is 5.11 Å². The minimum atomic E-state index is -0.326. The van der Waals surface area contributed by atoms with Gasteiger partial charge in [-0.15, -0.1) is 11.8 Å². The first kappa shape index (κ1) is 14.4. The topological polar surface area (TPSA) is 50.9 Å². The molecule has 7 heteroatoms. The van der Waals surface area contributed by atoms with Gasteiger partial charge in [0.15, 0.2) is 5.82 Å². The molecule has 0 aliphatic carbocycles. The van der Waals surface area contributed by atoms with Crippen molar-refractivity contribution in [2.45, 2.75) is 11.4 Å². The van der Waals surface area contributed by atoms with Crippen molar-refractivity contribution in [3.8, 4) is 11.4 Å². The van der Waals surface area contributed by atoms with Crippen LogP contribution in [-0.4, -0.2) is 37.8 Å². The largest absolute Gasteiger partial charge is 0.394 e. The van der Waals surface area contributed by atoms with E-state index in [9.17, 15) is 4.39 Å². The van der Waals surface area contributed by atoms with Crippen LogP contribution in [0.4, 0.5) is 4.39 Å². The summed E-state index contributed by atoms with van der Waals surface area (Å²) in [6.45, 7) is 0.339. The molecule has 1 N–H and O–H groups in total. The van der Waals surface area contributed by atoms with Crippen molar-refractivity contribution in [1.29, 1.82) is 0 Å². The monoisotopic (exact) mass is 299 g/mol. The third-order valence-corrected chi connectivity index (χ3v) is 4.39. The zero-order valence-corrected chi connectivity index (χ0v) is 12.0. The third kappa shape index (κ3) is 3.71. The Morgan fingerprint density at radius 3 is 2.95 bits per heavy atom. The van der Waals surface area contributed by atoms with Crippen molar-refractivity contribution < 1.29 is 9.50 Å². The molecular weight excluding hydrogens is 285 g/mol. The number of aliphatic hydroxyl groups excluding tert-OH is 1. The van der Waals surface area contributed by atoms with Crippen LogP contribution in [-0.2, 0) is 6.54 Å². The maximum Gasteiger partial charge on any atom is 0.184 e. The van der Waals surface area contributed by atoms with E-state index >= 15 is 0 Å². The summed E-state index contributed by atoms with van der Waals surface area (Å²) in [5, 5.41) is 13.8. The minimum absolute atomic E-state index is 0.0183. The number of halogens is 1. The van der Waals surface area contributed by atoms with Crippen LogP contribution in [0.15, 0.2) is 29.4 Å². The summed E-state index contributed by atoms with van der Waals surface area (Å²) >= 11 is 3.30. The zero-order valence-electron chi connectivity index (χ0n) is 10.4. The van der Waals surface area contributed by atoms with E-state index in [4.69, 9.17) is 5.11 Å². The zero-order chi connectivity index (χ0) is 13.7. The van der Waals surface area contributed by atoms with Gasteiger partial charge in [0, 0.05) is 9.98 Å². The van der Waals surface area contributed by atoms with Gasteiger partial charge >= 0.3 is 0 Å².